The van der Waals surface area contributed by atoms with Crippen molar-refractivity contribution in [2.24, 2.45) is 0 Å². The van der Waals surface area contributed by atoms with Gasteiger partial charge in [0.15, 0.2) is 0 Å². The third-order valence-corrected chi connectivity index (χ3v) is 4.19. The van der Waals surface area contributed by atoms with Crippen molar-refractivity contribution in [2.75, 3.05) is 39.7 Å². The Bertz CT molecular complexity index is 801. The van der Waals surface area contributed by atoms with Crippen molar-refractivity contribution in [3.63, 3.8) is 0 Å². The number of carbonyl (C=O) groups is 1. The van der Waals surface area contributed by atoms with Gasteiger partial charge >= 0.3 is 6.03 Å². The molecule has 1 aromatic heterocycles. The first kappa shape index (κ1) is 18.6. The number of ether oxygens (including phenoxy) is 4. The van der Waals surface area contributed by atoms with Crippen LogP contribution in [-0.4, -0.2) is 61.4 Å². The minimum Gasteiger partial charge on any atom is -0.497 e. The number of likely N-dealkylation sites (tertiary alicyclic amines) is 1. The van der Waals surface area contributed by atoms with Crippen LogP contribution in [-0.2, 0) is 0 Å². The highest BCUT2D eigenvalue weighted by Gasteiger charge is 2.29. The number of hydrogen-bond donors (Lipinski definition) is 1. The second-order valence-corrected chi connectivity index (χ2v) is 5.84. The van der Waals surface area contributed by atoms with Crippen LogP contribution in [0.15, 0.2) is 30.6 Å². The number of benzene rings is 1. The Labute approximate surface area is 157 Å². The predicted octanol–water partition coefficient (Wildman–Crippen LogP) is 2.19. The Morgan fingerprint density at radius 1 is 1.11 bits per heavy atom. The van der Waals surface area contributed by atoms with Gasteiger partial charge in [0.2, 0.25) is 0 Å². The van der Waals surface area contributed by atoms with Crippen molar-refractivity contribution in [2.45, 2.75) is 12.5 Å². The zero-order valence-corrected chi connectivity index (χ0v) is 15.5. The van der Waals surface area contributed by atoms with Crippen molar-refractivity contribution >= 4 is 11.7 Å². The van der Waals surface area contributed by atoms with E-state index in [4.69, 9.17) is 18.9 Å². The molecule has 0 saturated carbocycles. The Hall–Kier alpha value is -3.23. The van der Waals surface area contributed by atoms with Crippen LogP contribution in [0.25, 0.3) is 0 Å². The highest BCUT2D eigenvalue weighted by molar-refractivity contribution is 5.91. The number of anilines is 1. The molecule has 0 spiro atoms. The maximum atomic E-state index is 12.6. The molecule has 9 heteroatoms. The standard InChI is InChI=1S/C18H22N4O5/c1-24-12-4-5-14(15(10-12)25-2)21-18(23)22-9-6-13(11-22)27-17-16(26-3)19-7-8-20-17/h4-5,7-8,10,13H,6,9,11H2,1-3H3,(H,21,23). The number of nitrogens with zero attached hydrogens (tertiary/aromatic N) is 3. The molecule has 0 bridgehead atoms. The van der Waals surface area contributed by atoms with E-state index in [9.17, 15) is 4.79 Å². The summed E-state index contributed by atoms with van der Waals surface area (Å²) in [6.45, 7) is 1.00. The second-order valence-electron chi connectivity index (χ2n) is 5.84. The molecule has 1 aromatic carbocycles. The molecule has 1 unspecified atom stereocenters. The van der Waals surface area contributed by atoms with E-state index < -0.39 is 0 Å². The number of hydrogen-bond acceptors (Lipinski definition) is 7. The summed E-state index contributed by atoms with van der Waals surface area (Å²) in [5.41, 5.74) is 0.572. The number of amides is 2. The number of rotatable bonds is 6. The first-order chi connectivity index (χ1) is 13.1. The number of carbonyl (C=O) groups excluding carboxylic acids is 1. The van der Waals surface area contributed by atoms with Crippen molar-refractivity contribution in [3.8, 4) is 23.3 Å². The SMILES string of the molecule is COc1ccc(NC(=O)N2CCC(Oc3nccnc3OC)C2)c(OC)c1. The van der Waals surface area contributed by atoms with E-state index in [0.717, 1.165) is 0 Å². The molecule has 9 nitrogen and oxygen atoms in total. The van der Waals surface area contributed by atoms with E-state index in [0.29, 0.717) is 48.5 Å². The lowest BCUT2D eigenvalue weighted by Crippen LogP contribution is -2.34. The largest absolute Gasteiger partial charge is 0.497 e. The molecular formula is C18H22N4O5. The van der Waals surface area contributed by atoms with Crippen LogP contribution < -0.4 is 24.3 Å². The average Bonchev–Trinajstić information content (AvgIpc) is 3.17. The Kier molecular flexibility index (Phi) is 5.80. The van der Waals surface area contributed by atoms with Crippen molar-refractivity contribution in [3.05, 3.63) is 30.6 Å². The molecule has 0 radical (unpaired) electrons. The molecule has 1 aliphatic heterocycles. The van der Waals surface area contributed by atoms with Gasteiger partial charge in [-0.1, -0.05) is 0 Å². The van der Waals surface area contributed by atoms with Crippen molar-refractivity contribution < 1.29 is 23.7 Å². The first-order valence-corrected chi connectivity index (χ1v) is 8.44. The lowest BCUT2D eigenvalue weighted by Gasteiger charge is -2.19. The molecule has 1 N–H and O–H groups in total. The summed E-state index contributed by atoms with van der Waals surface area (Å²) in [5.74, 6) is 1.82. The van der Waals surface area contributed by atoms with Crippen LogP contribution in [0.2, 0.25) is 0 Å². The summed E-state index contributed by atoms with van der Waals surface area (Å²) in [6.07, 6.45) is 3.57. The number of methoxy groups -OCH3 is 3. The van der Waals surface area contributed by atoms with Gasteiger partial charge in [-0.05, 0) is 12.1 Å². The Morgan fingerprint density at radius 3 is 2.59 bits per heavy atom. The van der Waals surface area contributed by atoms with E-state index in [1.54, 1.807) is 37.3 Å². The highest BCUT2D eigenvalue weighted by atomic mass is 16.5. The Balaban J connectivity index is 1.61. The maximum Gasteiger partial charge on any atom is 0.322 e. The lowest BCUT2D eigenvalue weighted by atomic mass is 10.2. The second kappa shape index (κ2) is 8.43. The van der Waals surface area contributed by atoms with Crippen LogP contribution >= 0.6 is 0 Å². The molecule has 3 rings (SSSR count). The third kappa shape index (κ3) is 4.30. The van der Waals surface area contributed by atoms with Gasteiger partial charge in [0.1, 0.15) is 17.6 Å². The van der Waals surface area contributed by atoms with E-state index >= 15 is 0 Å². The molecule has 2 amide bonds. The summed E-state index contributed by atoms with van der Waals surface area (Å²) in [6, 6.07) is 4.99. The minimum absolute atomic E-state index is 0.181. The van der Waals surface area contributed by atoms with Gasteiger partial charge in [0, 0.05) is 31.4 Å². The summed E-state index contributed by atoms with van der Waals surface area (Å²) in [4.78, 5) is 22.4. The van der Waals surface area contributed by atoms with Gasteiger partial charge in [-0.25, -0.2) is 14.8 Å². The Morgan fingerprint density at radius 2 is 1.89 bits per heavy atom. The van der Waals surface area contributed by atoms with Gasteiger partial charge in [-0.3, -0.25) is 0 Å². The van der Waals surface area contributed by atoms with E-state index in [1.165, 1.54) is 19.5 Å². The van der Waals surface area contributed by atoms with E-state index in [1.807, 2.05) is 0 Å². The van der Waals surface area contributed by atoms with Crippen molar-refractivity contribution in [1.29, 1.82) is 0 Å². The topological polar surface area (TPSA) is 95.0 Å². The molecule has 1 saturated heterocycles. The summed E-state index contributed by atoms with van der Waals surface area (Å²) in [7, 11) is 4.62. The first-order valence-electron chi connectivity index (χ1n) is 8.44. The molecule has 1 aliphatic rings. The quantitative estimate of drug-likeness (QED) is 0.828. The number of aromatic nitrogens is 2. The van der Waals surface area contributed by atoms with E-state index in [2.05, 4.69) is 15.3 Å². The maximum absolute atomic E-state index is 12.6. The van der Waals surface area contributed by atoms with Crippen LogP contribution in [0.4, 0.5) is 10.5 Å². The van der Waals surface area contributed by atoms with Gasteiger partial charge in [-0.2, -0.15) is 0 Å². The predicted molar refractivity (Wildman–Crippen MR) is 97.8 cm³/mol. The zero-order chi connectivity index (χ0) is 19.2. The van der Waals surface area contributed by atoms with Crippen LogP contribution in [0.5, 0.6) is 23.3 Å². The fourth-order valence-corrected chi connectivity index (χ4v) is 2.80. The summed E-state index contributed by atoms with van der Waals surface area (Å²) >= 11 is 0. The minimum atomic E-state index is -0.226. The number of nitrogens with one attached hydrogen (secondary N) is 1. The molecule has 144 valence electrons. The van der Waals surface area contributed by atoms with Gasteiger partial charge in [-0.15, -0.1) is 0 Å². The normalized spacial score (nSPS) is 16.0. The third-order valence-electron chi connectivity index (χ3n) is 4.19. The smallest absolute Gasteiger partial charge is 0.322 e. The molecule has 27 heavy (non-hydrogen) atoms. The van der Waals surface area contributed by atoms with Gasteiger partial charge in [0.25, 0.3) is 11.8 Å². The average molecular weight is 374 g/mol. The van der Waals surface area contributed by atoms with Crippen LogP contribution in [0.1, 0.15) is 6.42 Å². The van der Waals surface area contributed by atoms with Crippen LogP contribution in [0, 0.1) is 0 Å². The van der Waals surface area contributed by atoms with Crippen LogP contribution in [0.3, 0.4) is 0 Å². The van der Waals surface area contributed by atoms with Gasteiger partial charge in [0.05, 0.1) is 33.6 Å². The lowest BCUT2D eigenvalue weighted by molar-refractivity contribution is 0.182. The summed E-state index contributed by atoms with van der Waals surface area (Å²) in [5, 5.41) is 2.86. The van der Waals surface area contributed by atoms with E-state index in [-0.39, 0.29) is 12.1 Å². The monoisotopic (exact) mass is 374 g/mol. The molecular weight excluding hydrogens is 352 g/mol. The molecule has 2 heterocycles. The van der Waals surface area contributed by atoms with Gasteiger partial charge < -0.3 is 29.2 Å². The van der Waals surface area contributed by atoms with Crippen molar-refractivity contribution in [1.82, 2.24) is 14.9 Å². The zero-order valence-electron chi connectivity index (χ0n) is 15.5. The highest BCUT2D eigenvalue weighted by Crippen LogP contribution is 2.30. The molecule has 1 atom stereocenters. The fourth-order valence-electron chi connectivity index (χ4n) is 2.80. The fraction of sp³-hybridized carbons (Fsp3) is 0.389. The number of urea groups is 1. The summed E-state index contributed by atoms with van der Waals surface area (Å²) < 4.78 is 21.5. The molecule has 1 fully saturated rings. The molecule has 2 aromatic rings. The molecule has 0 aliphatic carbocycles.